The van der Waals surface area contributed by atoms with Gasteiger partial charge in [-0.25, -0.2) is 0 Å². The van der Waals surface area contributed by atoms with Crippen LogP contribution in [0.25, 0.3) is 0 Å². The minimum absolute atomic E-state index is 0. The lowest BCUT2D eigenvalue weighted by molar-refractivity contribution is 0.179. The molecule has 0 amide bonds. The molecule has 0 N–H and O–H groups in total. The molecule has 6 unspecified atom stereocenters. The summed E-state index contributed by atoms with van der Waals surface area (Å²) in [5, 5.41) is 0. The average molecular weight is 440 g/mol. The molecule has 6 atom stereocenters. The van der Waals surface area contributed by atoms with E-state index in [1.54, 1.807) is 0 Å². The molecule has 32 heavy (non-hydrogen) atoms. The molecule has 0 aromatic rings. The van der Waals surface area contributed by atoms with Gasteiger partial charge in [-0.2, -0.15) is 0 Å². The first kappa shape index (κ1) is 34.2. The second-order valence-electron chi connectivity index (χ2n) is 10.4. The van der Waals surface area contributed by atoms with E-state index in [4.69, 9.17) is 0 Å². The van der Waals surface area contributed by atoms with E-state index in [0.717, 1.165) is 36.3 Å². The van der Waals surface area contributed by atoms with E-state index >= 15 is 0 Å². The van der Waals surface area contributed by atoms with E-state index in [9.17, 15) is 0 Å². The Balaban J connectivity index is 0. The number of piperidine rings is 3. The zero-order chi connectivity index (χ0) is 18.8. The maximum atomic E-state index is 2.59. The molecule has 6 heterocycles. The molecular formula is C26H53B3N3. The lowest BCUT2D eigenvalue weighted by Gasteiger charge is -2.30. The predicted octanol–water partition coefficient (Wildman–Crippen LogP) is 5.03. The SMILES string of the molecule is C.C.CN1C2CCCC1CC2.CN1C2CCCC1CC2.CN1C2CCCC1CC2.[B].[B].[B]. The summed E-state index contributed by atoms with van der Waals surface area (Å²) in [6.07, 6.45) is 22.1. The standard InChI is InChI=1S/3C8H15N.2CH4.3B/c3*1-9-7-3-2-4-8(9)6-5-7;;;;;/h3*7-8H,2-6H2,1H3;2*1H4;;;. The third kappa shape index (κ3) is 7.80. The van der Waals surface area contributed by atoms with Crippen molar-refractivity contribution in [3.63, 3.8) is 0 Å². The summed E-state index contributed by atoms with van der Waals surface area (Å²) >= 11 is 0. The summed E-state index contributed by atoms with van der Waals surface area (Å²) in [6.45, 7) is 0. The smallest absolute Gasteiger partial charge is 0.00957 e. The van der Waals surface area contributed by atoms with Gasteiger partial charge in [0, 0.05) is 61.5 Å². The Kier molecular flexibility index (Phi) is 17.0. The fourth-order valence-corrected chi connectivity index (χ4v) is 7.13. The van der Waals surface area contributed by atoms with Gasteiger partial charge < -0.3 is 14.7 Å². The van der Waals surface area contributed by atoms with Crippen LogP contribution < -0.4 is 0 Å². The molecule has 6 heteroatoms. The first-order valence-electron chi connectivity index (χ1n) is 12.3. The van der Waals surface area contributed by atoms with Gasteiger partial charge in [-0.15, -0.1) is 0 Å². The Morgan fingerprint density at radius 2 is 0.500 bits per heavy atom. The number of hydrogen-bond donors (Lipinski definition) is 0. The van der Waals surface area contributed by atoms with Gasteiger partial charge in [-0.3, -0.25) is 0 Å². The van der Waals surface area contributed by atoms with Gasteiger partial charge in [0.2, 0.25) is 0 Å². The van der Waals surface area contributed by atoms with Crippen molar-refractivity contribution in [3.8, 4) is 0 Å². The highest BCUT2D eigenvalue weighted by Gasteiger charge is 2.34. The lowest BCUT2D eigenvalue weighted by Crippen LogP contribution is -2.35. The molecule has 9 radical (unpaired) electrons. The summed E-state index contributed by atoms with van der Waals surface area (Å²) in [5.41, 5.74) is 0. The molecule has 6 aliphatic heterocycles. The van der Waals surface area contributed by atoms with Crippen molar-refractivity contribution in [3.05, 3.63) is 0 Å². The van der Waals surface area contributed by atoms with E-state index in [2.05, 4.69) is 35.8 Å². The van der Waals surface area contributed by atoms with Gasteiger partial charge in [0.05, 0.1) is 0 Å². The van der Waals surface area contributed by atoms with Crippen LogP contribution in [0.3, 0.4) is 0 Å². The van der Waals surface area contributed by atoms with Crippen molar-refractivity contribution in [2.45, 2.75) is 147 Å². The van der Waals surface area contributed by atoms with Crippen LogP contribution in [-0.2, 0) is 0 Å². The number of nitrogens with zero attached hydrogens (tertiary/aromatic N) is 3. The van der Waals surface area contributed by atoms with Gasteiger partial charge in [0.25, 0.3) is 0 Å². The lowest BCUT2D eigenvalue weighted by atomic mass is 10.0. The second kappa shape index (κ2) is 15.9. The minimum Gasteiger partial charge on any atom is -0.300 e. The number of fused-ring (bicyclic) bond motifs is 6. The van der Waals surface area contributed by atoms with Crippen molar-refractivity contribution in [1.29, 1.82) is 0 Å². The van der Waals surface area contributed by atoms with Crippen LogP contribution in [0.5, 0.6) is 0 Å². The number of hydrogen-bond acceptors (Lipinski definition) is 3. The predicted molar refractivity (Wildman–Crippen MR) is 146 cm³/mol. The van der Waals surface area contributed by atoms with Crippen LogP contribution in [0.4, 0.5) is 0 Å². The van der Waals surface area contributed by atoms with Crippen LogP contribution in [0.2, 0.25) is 0 Å². The average Bonchev–Trinajstić information content (AvgIpc) is 3.11. The molecule has 6 aliphatic rings. The maximum Gasteiger partial charge on any atom is 0.00957 e. The van der Waals surface area contributed by atoms with Crippen molar-refractivity contribution < 1.29 is 0 Å². The van der Waals surface area contributed by atoms with Crippen LogP contribution >= 0.6 is 0 Å². The van der Waals surface area contributed by atoms with E-state index in [1.807, 2.05) is 0 Å². The second-order valence-corrected chi connectivity index (χ2v) is 10.4. The number of rotatable bonds is 0. The molecule has 0 aromatic carbocycles. The normalized spacial score (nSPS) is 36.8. The maximum absolute atomic E-state index is 2.59. The summed E-state index contributed by atoms with van der Waals surface area (Å²) in [4.78, 5) is 7.76. The van der Waals surface area contributed by atoms with Crippen LogP contribution in [0, 0.1) is 0 Å². The van der Waals surface area contributed by atoms with Crippen LogP contribution in [0.1, 0.15) is 111 Å². The van der Waals surface area contributed by atoms with Crippen molar-refractivity contribution >= 4 is 25.2 Å². The van der Waals surface area contributed by atoms with Crippen LogP contribution in [-0.4, -0.2) is 97.3 Å². The van der Waals surface area contributed by atoms with Gasteiger partial charge in [-0.05, 0) is 98.2 Å². The van der Waals surface area contributed by atoms with Crippen LogP contribution in [0.15, 0.2) is 0 Å². The fourth-order valence-electron chi connectivity index (χ4n) is 7.13. The molecule has 6 rings (SSSR count). The molecule has 6 bridgehead atoms. The molecule has 0 aliphatic carbocycles. The quantitative estimate of drug-likeness (QED) is 0.490. The molecular weight excluding hydrogens is 387 g/mol. The monoisotopic (exact) mass is 440 g/mol. The third-order valence-electron chi connectivity index (χ3n) is 9.18. The van der Waals surface area contributed by atoms with Crippen molar-refractivity contribution in [2.24, 2.45) is 0 Å². The first-order valence-corrected chi connectivity index (χ1v) is 12.3. The molecule has 6 saturated heterocycles. The molecule has 0 spiro atoms. The zero-order valence-electron chi connectivity index (χ0n) is 20.1. The van der Waals surface area contributed by atoms with Gasteiger partial charge in [-0.1, -0.05) is 34.1 Å². The van der Waals surface area contributed by atoms with E-state index in [-0.39, 0.29) is 40.1 Å². The Morgan fingerprint density at radius 1 is 0.344 bits per heavy atom. The summed E-state index contributed by atoms with van der Waals surface area (Å²) < 4.78 is 0. The third-order valence-corrected chi connectivity index (χ3v) is 9.18. The molecule has 0 saturated carbocycles. The topological polar surface area (TPSA) is 9.72 Å². The summed E-state index contributed by atoms with van der Waals surface area (Å²) in [6, 6.07) is 5.77. The van der Waals surface area contributed by atoms with Crippen molar-refractivity contribution in [1.82, 2.24) is 14.7 Å². The Labute approximate surface area is 208 Å². The van der Waals surface area contributed by atoms with Crippen molar-refractivity contribution in [2.75, 3.05) is 21.1 Å². The molecule has 0 aromatic heterocycles. The first-order chi connectivity index (χ1) is 13.1. The summed E-state index contributed by atoms with van der Waals surface area (Å²) in [5.74, 6) is 0. The molecule has 3 nitrogen and oxygen atoms in total. The highest BCUT2D eigenvalue weighted by molar-refractivity contribution is 5.76. The Morgan fingerprint density at radius 3 is 0.625 bits per heavy atom. The highest BCUT2D eigenvalue weighted by atomic mass is 15.2. The Hall–Kier alpha value is 0.0748. The molecule has 181 valence electrons. The minimum atomic E-state index is 0. The highest BCUT2D eigenvalue weighted by Crippen LogP contribution is 2.35. The largest absolute Gasteiger partial charge is 0.300 e. The zero-order valence-corrected chi connectivity index (χ0v) is 20.1. The van der Waals surface area contributed by atoms with E-state index in [1.165, 1.54) is 96.3 Å². The molecule has 6 fully saturated rings. The van der Waals surface area contributed by atoms with E-state index in [0.29, 0.717) is 0 Å². The van der Waals surface area contributed by atoms with Gasteiger partial charge in [0.15, 0.2) is 0 Å². The van der Waals surface area contributed by atoms with Gasteiger partial charge in [0.1, 0.15) is 0 Å². The summed E-state index contributed by atoms with van der Waals surface area (Å²) in [7, 11) is 6.88. The fraction of sp³-hybridized carbons (Fsp3) is 1.00. The van der Waals surface area contributed by atoms with Gasteiger partial charge >= 0.3 is 0 Å². The van der Waals surface area contributed by atoms with E-state index < -0.39 is 0 Å². The Bertz CT molecular complexity index is 367.